The van der Waals surface area contributed by atoms with Gasteiger partial charge >= 0.3 is 5.97 Å². The number of ether oxygens (including phenoxy) is 1. The molecule has 0 saturated heterocycles. The van der Waals surface area contributed by atoms with E-state index in [1.54, 1.807) is 0 Å². The molecule has 3 nitrogen and oxygen atoms in total. The normalized spacial score (nSPS) is 13.1. The van der Waals surface area contributed by atoms with Crippen molar-refractivity contribution in [3.05, 3.63) is 24.3 Å². The van der Waals surface area contributed by atoms with E-state index in [1.807, 2.05) is 18.2 Å². The number of rotatable bonds is 13. The number of hydrogen-bond donors (Lipinski definition) is 1. The molecule has 0 radical (unpaired) electrons. The second kappa shape index (κ2) is 15.3. The van der Waals surface area contributed by atoms with Gasteiger partial charge in [-0.25, -0.2) is 0 Å². The van der Waals surface area contributed by atoms with Gasteiger partial charge in [0.05, 0.1) is 13.2 Å². The van der Waals surface area contributed by atoms with Crippen LogP contribution in [0.4, 0.5) is 0 Å². The second-order valence-corrected chi connectivity index (χ2v) is 5.41. The van der Waals surface area contributed by atoms with Gasteiger partial charge in [0.25, 0.3) is 0 Å². The summed E-state index contributed by atoms with van der Waals surface area (Å²) in [5.41, 5.74) is 0. The average molecular weight is 296 g/mol. The Bertz CT molecular complexity index is 295. The Balaban J connectivity index is 3.44. The fourth-order valence-electron chi connectivity index (χ4n) is 2.05. The van der Waals surface area contributed by atoms with Crippen LogP contribution in [0.25, 0.3) is 0 Å². The second-order valence-electron chi connectivity index (χ2n) is 5.41. The molecular formula is C18H32O3. The third-order valence-electron chi connectivity index (χ3n) is 3.41. The molecule has 0 aromatic rings. The number of unbranched alkanes of at least 4 members (excludes halogenated alkanes) is 6. The lowest BCUT2D eigenvalue weighted by Crippen LogP contribution is -2.02. The Hall–Kier alpha value is -1.09. The lowest BCUT2D eigenvalue weighted by molar-refractivity contribution is -0.140. The highest BCUT2D eigenvalue weighted by molar-refractivity contribution is 5.68. The van der Waals surface area contributed by atoms with Gasteiger partial charge in [0, 0.05) is 6.42 Å². The molecule has 1 N–H and O–H groups in total. The van der Waals surface area contributed by atoms with Crippen LogP contribution in [-0.2, 0) is 9.53 Å². The molecule has 0 amide bonds. The van der Waals surface area contributed by atoms with Crippen LogP contribution >= 0.6 is 0 Å². The van der Waals surface area contributed by atoms with Crippen LogP contribution in [0, 0.1) is 0 Å². The van der Waals surface area contributed by atoms with Crippen LogP contribution in [-0.4, -0.2) is 24.3 Å². The highest BCUT2D eigenvalue weighted by atomic mass is 16.5. The van der Waals surface area contributed by atoms with Crippen molar-refractivity contribution in [3.63, 3.8) is 0 Å². The minimum atomic E-state index is -0.356. The number of esters is 1. The van der Waals surface area contributed by atoms with E-state index in [0.717, 1.165) is 38.5 Å². The zero-order valence-corrected chi connectivity index (χ0v) is 13.7. The van der Waals surface area contributed by atoms with E-state index in [4.69, 9.17) is 0 Å². The summed E-state index contributed by atoms with van der Waals surface area (Å²) < 4.78 is 4.59. The van der Waals surface area contributed by atoms with Gasteiger partial charge in [-0.15, -0.1) is 0 Å². The Morgan fingerprint density at radius 2 is 1.86 bits per heavy atom. The summed E-state index contributed by atoms with van der Waals surface area (Å²) in [6.45, 7) is 2.20. The topological polar surface area (TPSA) is 46.5 Å². The molecule has 0 aliphatic heterocycles. The van der Waals surface area contributed by atoms with Gasteiger partial charge in [0.2, 0.25) is 0 Å². The molecule has 0 bridgehead atoms. The summed E-state index contributed by atoms with van der Waals surface area (Å²) in [7, 11) is 1.42. The molecule has 0 heterocycles. The highest BCUT2D eigenvalue weighted by Crippen LogP contribution is 2.08. The Labute approximate surface area is 130 Å². The monoisotopic (exact) mass is 296 g/mol. The molecule has 0 aromatic heterocycles. The predicted octanol–water partition coefficient (Wildman–Crippen LogP) is 4.55. The van der Waals surface area contributed by atoms with Crippen LogP contribution in [0.5, 0.6) is 0 Å². The first kappa shape index (κ1) is 19.9. The van der Waals surface area contributed by atoms with Crippen LogP contribution in [0.15, 0.2) is 24.3 Å². The molecule has 0 aliphatic rings. The van der Waals surface area contributed by atoms with E-state index >= 15 is 0 Å². The molecule has 3 heteroatoms. The van der Waals surface area contributed by atoms with Gasteiger partial charge in [-0.1, -0.05) is 63.3 Å². The van der Waals surface area contributed by atoms with E-state index in [-0.39, 0.29) is 12.1 Å². The summed E-state index contributed by atoms with van der Waals surface area (Å²) in [6, 6.07) is 0. The zero-order valence-electron chi connectivity index (χ0n) is 13.7. The SMILES string of the molecule is CCCCC/C=C\C=C\C(O)CCCCCCC(=O)OC. The van der Waals surface area contributed by atoms with Crippen LogP contribution in [0.1, 0.15) is 71.1 Å². The summed E-state index contributed by atoms with van der Waals surface area (Å²) >= 11 is 0. The van der Waals surface area contributed by atoms with Crippen LogP contribution in [0.2, 0.25) is 0 Å². The predicted molar refractivity (Wildman–Crippen MR) is 88.1 cm³/mol. The molecule has 0 aliphatic carbocycles. The molecular weight excluding hydrogens is 264 g/mol. The highest BCUT2D eigenvalue weighted by Gasteiger charge is 2.01. The number of carbonyl (C=O) groups is 1. The lowest BCUT2D eigenvalue weighted by Gasteiger charge is -2.04. The number of aliphatic hydroxyl groups is 1. The Kier molecular flexibility index (Phi) is 14.5. The molecule has 0 spiro atoms. The number of carbonyl (C=O) groups excluding carboxylic acids is 1. The zero-order chi connectivity index (χ0) is 15.8. The van der Waals surface area contributed by atoms with Crippen molar-refractivity contribution in [2.45, 2.75) is 77.2 Å². The number of hydrogen-bond acceptors (Lipinski definition) is 3. The summed E-state index contributed by atoms with van der Waals surface area (Å²) in [5.74, 6) is -0.135. The van der Waals surface area contributed by atoms with Crippen molar-refractivity contribution in [2.75, 3.05) is 7.11 Å². The van der Waals surface area contributed by atoms with E-state index in [9.17, 15) is 9.90 Å². The lowest BCUT2D eigenvalue weighted by atomic mass is 10.1. The van der Waals surface area contributed by atoms with Crippen molar-refractivity contribution in [1.29, 1.82) is 0 Å². The summed E-state index contributed by atoms with van der Waals surface area (Å²) in [4.78, 5) is 10.9. The number of methoxy groups -OCH3 is 1. The maximum absolute atomic E-state index is 10.9. The average Bonchev–Trinajstić information content (AvgIpc) is 2.49. The molecule has 1 atom stereocenters. The molecule has 1 unspecified atom stereocenters. The minimum Gasteiger partial charge on any atom is -0.469 e. The first-order chi connectivity index (χ1) is 10.2. The van der Waals surface area contributed by atoms with Crippen molar-refractivity contribution in [1.82, 2.24) is 0 Å². The fourth-order valence-corrected chi connectivity index (χ4v) is 2.05. The van der Waals surface area contributed by atoms with E-state index in [2.05, 4.69) is 17.7 Å². The Morgan fingerprint density at radius 1 is 1.10 bits per heavy atom. The molecule has 122 valence electrons. The molecule has 0 rings (SSSR count). The standard InChI is InChI=1S/C18H32O3/c1-3-4-5-6-7-8-11-14-17(19)15-12-9-10-13-16-18(20)21-2/h7-8,11,14,17,19H,3-6,9-10,12-13,15-16H2,1-2H3/b8-7-,14-11+. The van der Waals surface area contributed by atoms with Crippen LogP contribution < -0.4 is 0 Å². The fraction of sp³-hybridized carbons (Fsp3) is 0.722. The third kappa shape index (κ3) is 15.1. The van der Waals surface area contributed by atoms with Gasteiger partial charge < -0.3 is 9.84 Å². The van der Waals surface area contributed by atoms with Gasteiger partial charge in [0.15, 0.2) is 0 Å². The number of allylic oxidation sites excluding steroid dienone is 3. The Morgan fingerprint density at radius 3 is 2.57 bits per heavy atom. The van der Waals surface area contributed by atoms with Gasteiger partial charge in [-0.3, -0.25) is 4.79 Å². The van der Waals surface area contributed by atoms with E-state index in [1.165, 1.54) is 26.4 Å². The molecule has 21 heavy (non-hydrogen) atoms. The minimum absolute atomic E-state index is 0.135. The van der Waals surface area contributed by atoms with E-state index in [0.29, 0.717) is 6.42 Å². The van der Waals surface area contributed by atoms with Crippen molar-refractivity contribution in [2.24, 2.45) is 0 Å². The summed E-state index contributed by atoms with van der Waals surface area (Å²) in [5, 5.41) is 9.78. The number of aliphatic hydroxyl groups excluding tert-OH is 1. The quantitative estimate of drug-likeness (QED) is 0.308. The first-order valence-electron chi connectivity index (χ1n) is 8.29. The maximum atomic E-state index is 10.9. The van der Waals surface area contributed by atoms with Gasteiger partial charge in [0.1, 0.15) is 0 Å². The van der Waals surface area contributed by atoms with Crippen LogP contribution in [0.3, 0.4) is 0 Å². The van der Waals surface area contributed by atoms with Crippen molar-refractivity contribution in [3.8, 4) is 0 Å². The smallest absolute Gasteiger partial charge is 0.305 e. The maximum Gasteiger partial charge on any atom is 0.305 e. The molecule has 0 fully saturated rings. The third-order valence-corrected chi connectivity index (χ3v) is 3.41. The van der Waals surface area contributed by atoms with Crippen molar-refractivity contribution < 1.29 is 14.6 Å². The summed E-state index contributed by atoms with van der Waals surface area (Å²) in [6.07, 6.45) is 17.7. The first-order valence-corrected chi connectivity index (χ1v) is 8.29. The van der Waals surface area contributed by atoms with E-state index < -0.39 is 0 Å². The molecule has 0 saturated carbocycles. The molecule has 0 aromatic carbocycles. The van der Waals surface area contributed by atoms with Gasteiger partial charge in [-0.05, 0) is 25.7 Å². The van der Waals surface area contributed by atoms with Gasteiger partial charge in [-0.2, -0.15) is 0 Å². The van der Waals surface area contributed by atoms with Crippen molar-refractivity contribution >= 4 is 5.97 Å². The largest absolute Gasteiger partial charge is 0.469 e.